The van der Waals surface area contributed by atoms with E-state index in [4.69, 9.17) is 9.47 Å². The van der Waals surface area contributed by atoms with Crippen molar-refractivity contribution >= 4 is 17.4 Å². The van der Waals surface area contributed by atoms with E-state index in [-0.39, 0.29) is 12.1 Å². The number of amides is 2. The molecule has 0 radical (unpaired) electrons. The first-order valence-electron chi connectivity index (χ1n) is 7.11. The lowest BCUT2D eigenvalue weighted by Crippen LogP contribution is -2.46. The molecule has 0 fully saturated rings. The molecule has 2 N–H and O–H groups in total. The fourth-order valence-electron chi connectivity index (χ4n) is 2.41. The SMILES string of the molecule is COc1ccc2c(c1)C[C@@H](NC(=O)NCc1cccs1)CO2. The van der Waals surface area contributed by atoms with Gasteiger partial charge in [0.2, 0.25) is 0 Å². The zero-order valence-electron chi connectivity index (χ0n) is 12.3. The summed E-state index contributed by atoms with van der Waals surface area (Å²) in [5, 5.41) is 7.80. The number of methoxy groups -OCH3 is 1. The van der Waals surface area contributed by atoms with Crippen LogP contribution in [0.2, 0.25) is 0 Å². The van der Waals surface area contributed by atoms with E-state index in [1.165, 1.54) is 0 Å². The predicted molar refractivity (Wildman–Crippen MR) is 85.7 cm³/mol. The molecular weight excluding hydrogens is 300 g/mol. The van der Waals surface area contributed by atoms with E-state index in [9.17, 15) is 4.79 Å². The number of ether oxygens (including phenoxy) is 2. The van der Waals surface area contributed by atoms with Crippen LogP contribution < -0.4 is 20.1 Å². The van der Waals surface area contributed by atoms with Gasteiger partial charge in [0, 0.05) is 4.88 Å². The van der Waals surface area contributed by atoms with Gasteiger partial charge in [0.05, 0.1) is 19.7 Å². The first kappa shape index (κ1) is 14.7. The molecule has 0 spiro atoms. The second kappa shape index (κ2) is 6.70. The average Bonchev–Trinajstić information content (AvgIpc) is 3.05. The van der Waals surface area contributed by atoms with Crippen LogP contribution in [0.5, 0.6) is 11.5 Å². The topological polar surface area (TPSA) is 59.6 Å². The van der Waals surface area contributed by atoms with Gasteiger partial charge in [-0.15, -0.1) is 11.3 Å². The summed E-state index contributed by atoms with van der Waals surface area (Å²) in [4.78, 5) is 13.1. The molecule has 0 saturated carbocycles. The maximum atomic E-state index is 11.9. The van der Waals surface area contributed by atoms with Crippen molar-refractivity contribution in [1.29, 1.82) is 0 Å². The third-order valence-electron chi connectivity index (χ3n) is 3.51. The molecule has 2 aromatic rings. The number of hydrogen-bond donors (Lipinski definition) is 2. The first-order valence-corrected chi connectivity index (χ1v) is 7.99. The molecule has 1 aromatic carbocycles. The van der Waals surface area contributed by atoms with Gasteiger partial charge in [-0.3, -0.25) is 0 Å². The van der Waals surface area contributed by atoms with E-state index in [2.05, 4.69) is 10.6 Å². The molecule has 1 aromatic heterocycles. The summed E-state index contributed by atoms with van der Waals surface area (Å²) in [7, 11) is 1.64. The summed E-state index contributed by atoms with van der Waals surface area (Å²) < 4.78 is 10.9. The zero-order chi connectivity index (χ0) is 15.4. The van der Waals surface area contributed by atoms with E-state index in [0.717, 1.165) is 28.4 Å². The average molecular weight is 318 g/mol. The summed E-state index contributed by atoms with van der Waals surface area (Å²) in [6.45, 7) is 1.02. The Morgan fingerprint density at radius 3 is 3.14 bits per heavy atom. The van der Waals surface area contributed by atoms with E-state index in [1.54, 1.807) is 18.4 Å². The van der Waals surface area contributed by atoms with Crippen LogP contribution in [0.15, 0.2) is 35.7 Å². The molecule has 2 heterocycles. The highest BCUT2D eigenvalue weighted by molar-refractivity contribution is 7.09. The Kier molecular flexibility index (Phi) is 4.48. The van der Waals surface area contributed by atoms with Crippen molar-refractivity contribution in [2.24, 2.45) is 0 Å². The Hall–Kier alpha value is -2.21. The minimum Gasteiger partial charge on any atom is -0.497 e. The summed E-state index contributed by atoms with van der Waals surface area (Å²) in [6, 6.07) is 9.49. The number of thiophene rings is 1. The van der Waals surface area contributed by atoms with Crippen molar-refractivity contribution in [1.82, 2.24) is 10.6 Å². The van der Waals surface area contributed by atoms with E-state index < -0.39 is 0 Å². The highest BCUT2D eigenvalue weighted by Gasteiger charge is 2.21. The summed E-state index contributed by atoms with van der Waals surface area (Å²) in [6.07, 6.45) is 0.735. The van der Waals surface area contributed by atoms with E-state index in [1.807, 2.05) is 35.7 Å². The lowest BCUT2D eigenvalue weighted by molar-refractivity contribution is 0.214. The van der Waals surface area contributed by atoms with Gasteiger partial charge in [-0.05, 0) is 41.6 Å². The molecule has 3 rings (SSSR count). The highest BCUT2D eigenvalue weighted by Crippen LogP contribution is 2.28. The van der Waals surface area contributed by atoms with Crippen molar-refractivity contribution < 1.29 is 14.3 Å². The van der Waals surface area contributed by atoms with Crippen molar-refractivity contribution in [2.75, 3.05) is 13.7 Å². The Bertz CT molecular complexity index is 643. The van der Waals surface area contributed by atoms with Crippen molar-refractivity contribution in [3.05, 3.63) is 46.2 Å². The molecule has 6 heteroatoms. The largest absolute Gasteiger partial charge is 0.497 e. The van der Waals surface area contributed by atoms with Crippen LogP contribution in [0.4, 0.5) is 4.79 Å². The van der Waals surface area contributed by atoms with Crippen molar-refractivity contribution in [2.45, 2.75) is 19.0 Å². The Morgan fingerprint density at radius 2 is 2.36 bits per heavy atom. The number of fused-ring (bicyclic) bond motifs is 1. The van der Waals surface area contributed by atoms with Gasteiger partial charge in [-0.2, -0.15) is 0 Å². The van der Waals surface area contributed by atoms with Crippen LogP contribution in [0.3, 0.4) is 0 Å². The smallest absolute Gasteiger partial charge is 0.315 e. The summed E-state index contributed by atoms with van der Waals surface area (Å²) in [5.41, 5.74) is 1.05. The highest BCUT2D eigenvalue weighted by atomic mass is 32.1. The molecule has 5 nitrogen and oxygen atoms in total. The lowest BCUT2D eigenvalue weighted by atomic mass is 10.0. The lowest BCUT2D eigenvalue weighted by Gasteiger charge is -2.26. The first-order chi connectivity index (χ1) is 10.7. The monoisotopic (exact) mass is 318 g/mol. The standard InChI is InChI=1S/C16H18N2O3S/c1-20-13-4-5-15-11(8-13)7-12(10-21-15)18-16(19)17-9-14-3-2-6-22-14/h2-6,8,12H,7,9-10H2,1H3,(H2,17,18,19)/t12-/m1/s1. The van der Waals surface area contributed by atoms with Crippen LogP contribution in [0.1, 0.15) is 10.4 Å². The molecule has 116 valence electrons. The minimum atomic E-state index is -0.173. The van der Waals surface area contributed by atoms with Gasteiger partial charge in [-0.25, -0.2) is 4.79 Å². The van der Waals surface area contributed by atoms with Crippen LogP contribution >= 0.6 is 11.3 Å². The second-order valence-corrected chi connectivity index (χ2v) is 6.12. The quantitative estimate of drug-likeness (QED) is 0.911. The number of hydrogen-bond acceptors (Lipinski definition) is 4. The second-order valence-electron chi connectivity index (χ2n) is 5.09. The van der Waals surface area contributed by atoms with Gasteiger partial charge in [-0.1, -0.05) is 6.07 Å². The third kappa shape index (κ3) is 3.51. The fraction of sp³-hybridized carbons (Fsp3) is 0.312. The molecule has 22 heavy (non-hydrogen) atoms. The number of nitrogens with one attached hydrogen (secondary N) is 2. The van der Waals surface area contributed by atoms with E-state index >= 15 is 0 Å². The van der Waals surface area contributed by atoms with Crippen LogP contribution in [-0.2, 0) is 13.0 Å². The van der Waals surface area contributed by atoms with Crippen LogP contribution in [-0.4, -0.2) is 25.8 Å². The molecule has 0 unspecified atom stereocenters. The Balaban J connectivity index is 1.54. The summed E-state index contributed by atoms with van der Waals surface area (Å²) in [5.74, 6) is 1.66. The number of benzene rings is 1. The molecular formula is C16H18N2O3S. The van der Waals surface area contributed by atoms with Gasteiger partial charge in [0.15, 0.2) is 0 Å². The number of rotatable bonds is 4. The molecule has 0 aliphatic carbocycles. The van der Waals surface area contributed by atoms with Crippen molar-refractivity contribution in [3.63, 3.8) is 0 Å². The van der Waals surface area contributed by atoms with Gasteiger partial charge >= 0.3 is 6.03 Å². The van der Waals surface area contributed by atoms with Gasteiger partial charge in [0.1, 0.15) is 18.1 Å². The number of carbonyl (C=O) groups excluding carboxylic acids is 1. The zero-order valence-corrected chi connectivity index (χ0v) is 13.1. The molecule has 1 aliphatic rings. The van der Waals surface area contributed by atoms with Crippen molar-refractivity contribution in [3.8, 4) is 11.5 Å². The molecule has 1 atom stereocenters. The Labute approximate surface area is 133 Å². The molecule has 2 amide bonds. The molecule has 0 bridgehead atoms. The predicted octanol–water partition coefficient (Wildman–Crippen LogP) is 2.56. The number of carbonyl (C=O) groups is 1. The Morgan fingerprint density at radius 1 is 1.45 bits per heavy atom. The third-order valence-corrected chi connectivity index (χ3v) is 4.39. The maximum absolute atomic E-state index is 11.9. The number of urea groups is 1. The molecule has 0 saturated heterocycles. The molecule has 1 aliphatic heterocycles. The van der Waals surface area contributed by atoms with Gasteiger partial charge in [0.25, 0.3) is 0 Å². The van der Waals surface area contributed by atoms with Crippen LogP contribution in [0.25, 0.3) is 0 Å². The fourth-order valence-corrected chi connectivity index (χ4v) is 3.05. The summed E-state index contributed by atoms with van der Waals surface area (Å²) >= 11 is 1.62. The van der Waals surface area contributed by atoms with Crippen LogP contribution in [0, 0.1) is 0 Å². The minimum absolute atomic E-state index is 0.0389. The van der Waals surface area contributed by atoms with E-state index in [0.29, 0.717) is 13.2 Å². The maximum Gasteiger partial charge on any atom is 0.315 e. The van der Waals surface area contributed by atoms with Gasteiger partial charge < -0.3 is 20.1 Å². The normalized spacial score (nSPS) is 16.3.